The van der Waals surface area contributed by atoms with E-state index in [2.05, 4.69) is 24.1 Å². The van der Waals surface area contributed by atoms with E-state index in [4.69, 9.17) is 9.47 Å². The molecule has 1 aliphatic rings. The van der Waals surface area contributed by atoms with Crippen LogP contribution >= 0.6 is 0 Å². The normalized spacial score (nSPS) is 28.1. The van der Waals surface area contributed by atoms with E-state index in [1.54, 1.807) is 6.20 Å². The number of ether oxygens (including phenoxy) is 2. The largest absolute Gasteiger partial charge is 0.388 e. The molecular formula is C14H22N2O2. The second-order valence-corrected chi connectivity index (χ2v) is 4.95. The van der Waals surface area contributed by atoms with Crippen LogP contribution in [0, 0.1) is 0 Å². The first-order valence-corrected chi connectivity index (χ1v) is 6.57. The number of anilines is 1. The highest BCUT2D eigenvalue weighted by Gasteiger charge is 2.24. The lowest BCUT2D eigenvalue weighted by Gasteiger charge is -2.31. The number of nitrogens with zero attached hydrogens (tertiary/aromatic N) is 1. The third-order valence-electron chi connectivity index (χ3n) is 3.23. The number of hydrogen-bond acceptors (Lipinski definition) is 4. The van der Waals surface area contributed by atoms with Gasteiger partial charge in [-0.1, -0.05) is 0 Å². The minimum absolute atomic E-state index is 0.281. The van der Waals surface area contributed by atoms with Crippen molar-refractivity contribution in [1.82, 2.24) is 4.98 Å². The summed E-state index contributed by atoms with van der Waals surface area (Å²) in [5.41, 5.74) is 2.03. The minimum atomic E-state index is 0.281. The van der Waals surface area contributed by atoms with Crippen LogP contribution in [0.4, 0.5) is 5.69 Å². The molecule has 0 aromatic carbocycles. The molecule has 4 heteroatoms. The van der Waals surface area contributed by atoms with Gasteiger partial charge in [0.1, 0.15) is 0 Å². The molecule has 1 fully saturated rings. The van der Waals surface area contributed by atoms with Crippen molar-refractivity contribution in [2.75, 3.05) is 12.4 Å². The van der Waals surface area contributed by atoms with Crippen LogP contribution in [-0.4, -0.2) is 30.3 Å². The first kappa shape index (κ1) is 13.3. The molecule has 0 radical (unpaired) electrons. The van der Waals surface area contributed by atoms with E-state index in [1.807, 2.05) is 19.2 Å². The number of aromatic nitrogens is 1. The fraction of sp³-hybridized carbons (Fsp3) is 0.643. The van der Waals surface area contributed by atoms with Gasteiger partial charge in [0.15, 0.2) is 0 Å². The summed E-state index contributed by atoms with van der Waals surface area (Å²) in [5, 5.41) is 3.10. The number of hydrogen-bond donors (Lipinski definition) is 1. The first-order valence-electron chi connectivity index (χ1n) is 6.57. The Bertz CT molecular complexity index is 374. The van der Waals surface area contributed by atoms with Crippen LogP contribution in [0.25, 0.3) is 0 Å². The van der Waals surface area contributed by atoms with Crippen molar-refractivity contribution >= 4 is 5.69 Å². The summed E-state index contributed by atoms with van der Waals surface area (Å²) in [4.78, 5) is 4.31. The smallest absolute Gasteiger partial charge is 0.0892 e. The van der Waals surface area contributed by atoms with Crippen molar-refractivity contribution in [3.05, 3.63) is 24.0 Å². The predicted molar refractivity (Wildman–Crippen MR) is 71.6 cm³/mol. The van der Waals surface area contributed by atoms with Gasteiger partial charge in [0, 0.05) is 18.9 Å². The maximum absolute atomic E-state index is 5.94. The Morgan fingerprint density at radius 1 is 1.39 bits per heavy atom. The molecule has 2 atom stereocenters. The van der Waals surface area contributed by atoms with Crippen molar-refractivity contribution < 1.29 is 9.47 Å². The Morgan fingerprint density at radius 2 is 2.11 bits per heavy atom. The quantitative estimate of drug-likeness (QED) is 0.892. The van der Waals surface area contributed by atoms with E-state index in [0.29, 0.717) is 6.61 Å². The fourth-order valence-corrected chi connectivity index (χ4v) is 2.40. The van der Waals surface area contributed by atoms with Gasteiger partial charge >= 0.3 is 0 Å². The molecule has 0 amide bonds. The number of nitrogens with one attached hydrogen (secondary N) is 1. The van der Waals surface area contributed by atoms with E-state index in [9.17, 15) is 0 Å². The van der Waals surface area contributed by atoms with Crippen LogP contribution in [0.15, 0.2) is 18.3 Å². The zero-order chi connectivity index (χ0) is 13.0. The van der Waals surface area contributed by atoms with Gasteiger partial charge in [0.05, 0.1) is 30.6 Å². The average Bonchev–Trinajstić information content (AvgIpc) is 2.35. The Kier molecular flexibility index (Phi) is 4.55. The van der Waals surface area contributed by atoms with Crippen molar-refractivity contribution in [1.29, 1.82) is 0 Å². The maximum atomic E-state index is 5.94. The summed E-state index contributed by atoms with van der Waals surface area (Å²) in [5.74, 6) is 0. The van der Waals surface area contributed by atoms with E-state index < -0.39 is 0 Å². The summed E-state index contributed by atoms with van der Waals surface area (Å²) < 4.78 is 11.6. The molecular weight excluding hydrogens is 228 g/mol. The summed E-state index contributed by atoms with van der Waals surface area (Å²) >= 11 is 0. The van der Waals surface area contributed by atoms with Crippen LogP contribution in [0.1, 0.15) is 32.4 Å². The van der Waals surface area contributed by atoms with Crippen molar-refractivity contribution in [2.45, 2.75) is 51.6 Å². The van der Waals surface area contributed by atoms with Gasteiger partial charge in [-0.3, -0.25) is 4.98 Å². The summed E-state index contributed by atoms with van der Waals surface area (Å²) in [6.45, 7) is 4.78. The molecule has 1 aromatic heterocycles. The van der Waals surface area contributed by atoms with Crippen molar-refractivity contribution in [3.63, 3.8) is 0 Å². The predicted octanol–water partition coefficient (Wildman–Crippen LogP) is 2.60. The Balaban J connectivity index is 1.86. The SMILES string of the molecule is CNc1ccnc(COC2CC(C)OC(C)C2)c1. The molecule has 0 bridgehead atoms. The van der Waals surface area contributed by atoms with Crippen molar-refractivity contribution in [2.24, 2.45) is 0 Å². The summed E-state index contributed by atoms with van der Waals surface area (Å²) in [7, 11) is 1.90. The zero-order valence-electron chi connectivity index (χ0n) is 11.3. The molecule has 4 nitrogen and oxygen atoms in total. The third kappa shape index (κ3) is 3.68. The highest BCUT2D eigenvalue weighted by atomic mass is 16.5. The van der Waals surface area contributed by atoms with Gasteiger partial charge in [-0.15, -0.1) is 0 Å². The summed E-state index contributed by atoms with van der Waals surface area (Å²) in [6, 6.07) is 3.97. The average molecular weight is 250 g/mol. The lowest BCUT2D eigenvalue weighted by atomic mass is 10.0. The Hall–Kier alpha value is -1.13. The van der Waals surface area contributed by atoms with E-state index >= 15 is 0 Å². The van der Waals surface area contributed by atoms with E-state index in [1.165, 1.54) is 0 Å². The van der Waals surface area contributed by atoms with E-state index in [0.717, 1.165) is 24.2 Å². The molecule has 0 spiro atoms. The lowest BCUT2D eigenvalue weighted by Crippen LogP contribution is -2.34. The third-order valence-corrected chi connectivity index (χ3v) is 3.23. The van der Waals surface area contributed by atoms with Gasteiger partial charge in [-0.2, -0.15) is 0 Å². The van der Waals surface area contributed by atoms with Crippen LogP contribution in [0.5, 0.6) is 0 Å². The van der Waals surface area contributed by atoms with Gasteiger partial charge in [0.2, 0.25) is 0 Å². The minimum Gasteiger partial charge on any atom is -0.388 e. The molecule has 0 aliphatic carbocycles. The van der Waals surface area contributed by atoms with Gasteiger partial charge in [-0.25, -0.2) is 0 Å². The monoisotopic (exact) mass is 250 g/mol. The van der Waals surface area contributed by atoms with Crippen LogP contribution in [0.2, 0.25) is 0 Å². The Morgan fingerprint density at radius 3 is 2.78 bits per heavy atom. The summed E-state index contributed by atoms with van der Waals surface area (Å²) in [6.07, 6.45) is 4.60. The van der Waals surface area contributed by atoms with Gasteiger partial charge in [0.25, 0.3) is 0 Å². The highest BCUT2D eigenvalue weighted by Crippen LogP contribution is 2.22. The molecule has 2 heterocycles. The van der Waals surface area contributed by atoms with Crippen LogP contribution < -0.4 is 5.32 Å². The second kappa shape index (κ2) is 6.16. The molecule has 18 heavy (non-hydrogen) atoms. The second-order valence-electron chi connectivity index (χ2n) is 4.95. The molecule has 1 N–H and O–H groups in total. The zero-order valence-corrected chi connectivity index (χ0v) is 11.3. The highest BCUT2D eigenvalue weighted by molar-refractivity contribution is 5.42. The van der Waals surface area contributed by atoms with Gasteiger partial charge in [-0.05, 0) is 38.8 Å². The fourth-order valence-electron chi connectivity index (χ4n) is 2.40. The lowest BCUT2D eigenvalue weighted by molar-refractivity contribution is -0.106. The topological polar surface area (TPSA) is 43.4 Å². The molecule has 1 aliphatic heterocycles. The maximum Gasteiger partial charge on any atom is 0.0892 e. The van der Waals surface area contributed by atoms with Crippen LogP contribution in [-0.2, 0) is 16.1 Å². The number of rotatable bonds is 4. The molecule has 1 saturated heterocycles. The van der Waals surface area contributed by atoms with E-state index in [-0.39, 0.29) is 18.3 Å². The molecule has 1 aromatic rings. The first-order chi connectivity index (χ1) is 8.67. The van der Waals surface area contributed by atoms with Crippen LogP contribution in [0.3, 0.4) is 0 Å². The Labute approximate surface area is 109 Å². The van der Waals surface area contributed by atoms with Gasteiger partial charge < -0.3 is 14.8 Å². The van der Waals surface area contributed by atoms with Crippen molar-refractivity contribution in [3.8, 4) is 0 Å². The standard InChI is InChI=1S/C14H22N2O2/c1-10-6-14(7-11(2)18-10)17-9-13-8-12(15-3)4-5-16-13/h4-5,8,10-11,14H,6-7,9H2,1-3H3,(H,15,16). The molecule has 2 unspecified atom stereocenters. The molecule has 100 valence electrons. The number of pyridine rings is 1. The molecule has 0 saturated carbocycles. The molecule has 2 rings (SSSR count).